The van der Waals surface area contributed by atoms with Crippen molar-refractivity contribution in [2.75, 3.05) is 0 Å². The normalized spacial score (nSPS) is 11.0. The van der Waals surface area contributed by atoms with E-state index < -0.39 is 11.9 Å². The van der Waals surface area contributed by atoms with Crippen LogP contribution < -0.4 is 0 Å². The van der Waals surface area contributed by atoms with Gasteiger partial charge in [-0.25, -0.2) is 0 Å². The molecule has 0 bridgehead atoms. The molecule has 1 rings (SSSR count). The summed E-state index contributed by atoms with van der Waals surface area (Å²) in [5.74, 6) is -0.901. The first-order valence-corrected chi connectivity index (χ1v) is 8.93. The SMILES string of the molecule is CC(C)Cc1cccc(CCCCC(=O)O)c1CCCCC(=O)O. The minimum Gasteiger partial charge on any atom is -0.481 e. The number of hydrogen-bond acceptors (Lipinski definition) is 2. The third-order valence-electron chi connectivity index (χ3n) is 4.15. The summed E-state index contributed by atoms with van der Waals surface area (Å²) in [6.07, 6.45) is 6.42. The molecule has 0 atom stereocenters. The molecule has 24 heavy (non-hydrogen) atoms. The van der Waals surface area contributed by atoms with E-state index in [0.29, 0.717) is 18.8 Å². The van der Waals surface area contributed by atoms with Gasteiger partial charge in [-0.3, -0.25) is 9.59 Å². The lowest BCUT2D eigenvalue weighted by molar-refractivity contribution is -0.138. The van der Waals surface area contributed by atoms with Crippen molar-refractivity contribution >= 4 is 11.9 Å². The number of carboxylic acid groups (broad SMARTS) is 2. The van der Waals surface area contributed by atoms with Crippen molar-refractivity contribution in [3.8, 4) is 0 Å². The quantitative estimate of drug-likeness (QED) is 0.553. The molecule has 0 saturated carbocycles. The van der Waals surface area contributed by atoms with Crippen molar-refractivity contribution in [3.63, 3.8) is 0 Å². The molecule has 1 aromatic rings. The highest BCUT2D eigenvalue weighted by atomic mass is 16.4. The molecule has 0 radical (unpaired) electrons. The molecule has 0 aliphatic heterocycles. The Morgan fingerprint density at radius 1 is 0.875 bits per heavy atom. The predicted octanol–water partition coefficient (Wildman–Crippen LogP) is 4.48. The zero-order chi connectivity index (χ0) is 17.9. The van der Waals surface area contributed by atoms with Crippen LogP contribution in [0.15, 0.2) is 18.2 Å². The molecule has 0 heterocycles. The number of carbonyl (C=O) groups is 2. The van der Waals surface area contributed by atoms with Gasteiger partial charge in [0.05, 0.1) is 0 Å². The van der Waals surface area contributed by atoms with Crippen molar-refractivity contribution in [3.05, 3.63) is 34.9 Å². The molecule has 1 aromatic carbocycles. The zero-order valence-electron chi connectivity index (χ0n) is 14.9. The zero-order valence-corrected chi connectivity index (χ0v) is 14.9. The number of hydrogen-bond donors (Lipinski definition) is 2. The predicted molar refractivity (Wildman–Crippen MR) is 95.4 cm³/mol. The summed E-state index contributed by atoms with van der Waals surface area (Å²) in [7, 11) is 0. The average molecular weight is 334 g/mol. The summed E-state index contributed by atoms with van der Waals surface area (Å²) in [5.41, 5.74) is 4.01. The number of aliphatic carboxylic acids is 2. The van der Waals surface area contributed by atoms with Crippen LogP contribution >= 0.6 is 0 Å². The lowest BCUT2D eigenvalue weighted by Crippen LogP contribution is -2.05. The second-order valence-electron chi connectivity index (χ2n) is 6.85. The van der Waals surface area contributed by atoms with E-state index in [-0.39, 0.29) is 12.8 Å². The number of carboxylic acids is 2. The molecule has 0 saturated heterocycles. The van der Waals surface area contributed by atoms with E-state index in [4.69, 9.17) is 10.2 Å². The van der Waals surface area contributed by atoms with Crippen LogP contribution in [0.1, 0.15) is 69.1 Å². The van der Waals surface area contributed by atoms with E-state index in [2.05, 4.69) is 32.0 Å². The highest BCUT2D eigenvalue weighted by molar-refractivity contribution is 5.66. The maximum absolute atomic E-state index is 10.7. The number of rotatable bonds is 12. The lowest BCUT2D eigenvalue weighted by Gasteiger charge is -2.16. The second kappa shape index (κ2) is 10.8. The molecule has 0 aromatic heterocycles. The van der Waals surface area contributed by atoms with Gasteiger partial charge in [-0.05, 0) is 67.6 Å². The van der Waals surface area contributed by atoms with Crippen LogP contribution in [0.3, 0.4) is 0 Å². The molecule has 0 aliphatic carbocycles. The molecule has 0 unspecified atom stereocenters. The van der Waals surface area contributed by atoms with Gasteiger partial charge < -0.3 is 10.2 Å². The first-order chi connectivity index (χ1) is 11.4. The molecule has 2 N–H and O–H groups in total. The highest BCUT2D eigenvalue weighted by Gasteiger charge is 2.10. The molecule has 0 spiro atoms. The van der Waals surface area contributed by atoms with Crippen molar-refractivity contribution in [1.82, 2.24) is 0 Å². The van der Waals surface area contributed by atoms with Gasteiger partial charge in [-0.15, -0.1) is 0 Å². The van der Waals surface area contributed by atoms with Gasteiger partial charge >= 0.3 is 11.9 Å². The van der Waals surface area contributed by atoms with Crippen molar-refractivity contribution in [2.45, 2.75) is 71.6 Å². The van der Waals surface area contributed by atoms with Crippen LogP contribution in [0, 0.1) is 5.92 Å². The fraction of sp³-hybridized carbons (Fsp3) is 0.600. The summed E-state index contributed by atoms with van der Waals surface area (Å²) in [6.45, 7) is 4.40. The molecule has 134 valence electrons. The highest BCUT2D eigenvalue weighted by Crippen LogP contribution is 2.23. The molecule has 0 fully saturated rings. The average Bonchev–Trinajstić information content (AvgIpc) is 2.48. The minimum atomic E-state index is -0.738. The van der Waals surface area contributed by atoms with Crippen LogP contribution in [0.25, 0.3) is 0 Å². The smallest absolute Gasteiger partial charge is 0.303 e. The lowest BCUT2D eigenvalue weighted by atomic mass is 9.89. The molecular formula is C20H30O4. The Kier molecular flexibility index (Phi) is 9.13. The summed E-state index contributed by atoms with van der Waals surface area (Å²) in [4.78, 5) is 21.3. The molecular weight excluding hydrogens is 304 g/mol. The number of benzene rings is 1. The number of unbranched alkanes of at least 4 members (excludes halogenated alkanes) is 2. The van der Waals surface area contributed by atoms with Crippen LogP contribution in [0.4, 0.5) is 0 Å². The van der Waals surface area contributed by atoms with Gasteiger partial charge in [0.2, 0.25) is 0 Å². The first-order valence-electron chi connectivity index (χ1n) is 8.93. The Bertz CT molecular complexity index is 534. The Labute approximate surface area is 144 Å². The van der Waals surface area contributed by atoms with E-state index in [9.17, 15) is 9.59 Å². The number of aryl methyl sites for hydroxylation is 1. The monoisotopic (exact) mass is 334 g/mol. The van der Waals surface area contributed by atoms with Crippen LogP contribution in [-0.2, 0) is 28.9 Å². The van der Waals surface area contributed by atoms with Crippen molar-refractivity contribution < 1.29 is 19.8 Å². The van der Waals surface area contributed by atoms with Gasteiger partial charge in [0.15, 0.2) is 0 Å². The third-order valence-corrected chi connectivity index (χ3v) is 4.15. The van der Waals surface area contributed by atoms with Crippen molar-refractivity contribution in [1.29, 1.82) is 0 Å². The van der Waals surface area contributed by atoms with Gasteiger partial charge in [0, 0.05) is 12.8 Å². The van der Waals surface area contributed by atoms with E-state index >= 15 is 0 Å². The third kappa shape index (κ3) is 8.14. The standard InChI is InChI=1S/C20H30O4/c1-15(2)14-17-10-7-9-16(8-3-5-12-19(21)22)18(17)11-4-6-13-20(23)24/h7,9-10,15H,3-6,8,11-14H2,1-2H3,(H,21,22)(H,23,24). The molecule has 0 amide bonds. The maximum Gasteiger partial charge on any atom is 0.303 e. The Morgan fingerprint density at radius 2 is 1.42 bits per heavy atom. The van der Waals surface area contributed by atoms with Gasteiger partial charge in [0.25, 0.3) is 0 Å². The fourth-order valence-electron chi connectivity index (χ4n) is 3.04. The largest absolute Gasteiger partial charge is 0.481 e. The van der Waals surface area contributed by atoms with Crippen LogP contribution in [0.5, 0.6) is 0 Å². The molecule has 4 heteroatoms. The van der Waals surface area contributed by atoms with Crippen LogP contribution in [-0.4, -0.2) is 22.2 Å². The van der Waals surface area contributed by atoms with Gasteiger partial charge in [-0.2, -0.15) is 0 Å². The Balaban J connectivity index is 2.75. The maximum atomic E-state index is 10.7. The van der Waals surface area contributed by atoms with Crippen LogP contribution in [0.2, 0.25) is 0 Å². The fourth-order valence-corrected chi connectivity index (χ4v) is 3.04. The first kappa shape index (κ1) is 20.2. The molecule has 4 nitrogen and oxygen atoms in total. The Morgan fingerprint density at radius 3 is 1.96 bits per heavy atom. The second-order valence-corrected chi connectivity index (χ2v) is 6.85. The van der Waals surface area contributed by atoms with E-state index in [0.717, 1.165) is 32.1 Å². The topological polar surface area (TPSA) is 74.6 Å². The van der Waals surface area contributed by atoms with E-state index in [1.54, 1.807) is 0 Å². The summed E-state index contributed by atoms with van der Waals surface area (Å²) in [5, 5.41) is 17.5. The van der Waals surface area contributed by atoms with Gasteiger partial charge in [0.1, 0.15) is 0 Å². The van der Waals surface area contributed by atoms with Crippen molar-refractivity contribution in [2.24, 2.45) is 5.92 Å². The van der Waals surface area contributed by atoms with E-state index in [1.807, 2.05) is 0 Å². The minimum absolute atomic E-state index is 0.222. The Hall–Kier alpha value is -1.84. The molecule has 0 aliphatic rings. The summed E-state index contributed by atoms with van der Waals surface area (Å²) >= 11 is 0. The summed E-state index contributed by atoms with van der Waals surface area (Å²) in [6, 6.07) is 6.40. The van der Waals surface area contributed by atoms with Gasteiger partial charge in [-0.1, -0.05) is 32.0 Å². The summed E-state index contributed by atoms with van der Waals surface area (Å²) < 4.78 is 0. The van der Waals surface area contributed by atoms with E-state index in [1.165, 1.54) is 16.7 Å².